The lowest BCUT2D eigenvalue weighted by Crippen LogP contribution is -2.30. The van der Waals surface area contributed by atoms with Crippen molar-refractivity contribution in [3.8, 4) is 0 Å². The van der Waals surface area contributed by atoms with Crippen LogP contribution in [0.4, 0.5) is 5.69 Å². The van der Waals surface area contributed by atoms with Gasteiger partial charge in [-0.05, 0) is 37.5 Å². The van der Waals surface area contributed by atoms with Crippen molar-refractivity contribution in [1.29, 1.82) is 0 Å². The normalized spacial score (nSPS) is 16.9. The van der Waals surface area contributed by atoms with Gasteiger partial charge in [0.15, 0.2) is 0 Å². The highest BCUT2D eigenvalue weighted by Crippen LogP contribution is 2.27. The predicted octanol–water partition coefficient (Wildman–Crippen LogP) is 2.77. The van der Waals surface area contributed by atoms with Crippen LogP contribution in [-0.2, 0) is 10.0 Å². The summed E-state index contributed by atoms with van der Waals surface area (Å²) in [6.45, 7) is 1.61. The van der Waals surface area contributed by atoms with Crippen molar-refractivity contribution in [2.75, 3.05) is 4.72 Å². The van der Waals surface area contributed by atoms with E-state index in [4.69, 9.17) is 5.11 Å². The first kappa shape index (κ1) is 14.8. The van der Waals surface area contributed by atoms with E-state index in [1.807, 2.05) is 0 Å². The summed E-state index contributed by atoms with van der Waals surface area (Å²) in [4.78, 5) is 11.1. The molecule has 5 nitrogen and oxygen atoms in total. The quantitative estimate of drug-likeness (QED) is 0.895. The van der Waals surface area contributed by atoms with Gasteiger partial charge < -0.3 is 5.11 Å². The number of aromatic carboxylic acids is 1. The van der Waals surface area contributed by atoms with Gasteiger partial charge in [0.05, 0.1) is 16.5 Å². The first-order valence-corrected chi connectivity index (χ1v) is 8.31. The molecule has 1 aromatic rings. The first-order chi connectivity index (χ1) is 9.42. The Kier molecular flexibility index (Phi) is 4.32. The van der Waals surface area contributed by atoms with Crippen molar-refractivity contribution in [1.82, 2.24) is 0 Å². The van der Waals surface area contributed by atoms with E-state index in [1.54, 1.807) is 19.1 Å². The highest BCUT2D eigenvalue weighted by molar-refractivity contribution is 7.93. The maximum atomic E-state index is 12.3. The number of sulfonamides is 1. The summed E-state index contributed by atoms with van der Waals surface area (Å²) in [5, 5.41) is 8.69. The number of carboxylic acid groups (broad SMARTS) is 1. The number of rotatable bonds is 4. The third kappa shape index (κ3) is 3.12. The molecule has 0 unspecified atom stereocenters. The van der Waals surface area contributed by atoms with Gasteiger partial charge in [-0.25, -0.2) is 13.2 Å². The summed E-state index contributed by atoms with van der Waals surface area (Å²) in [5.74, 6) is -1.05. The van der Waals surface area contributed by atoms with Gasteiger partial charge in [-0.15, -0.1) is 0 Å². The van der Waals surface area contributed by atoms with Crippen molar-refractivity contribution in [2.45, 2.75) is 44.3 Å². The number of hydrogen-bond acceptors (Lipinski definition) is 3. The number of nitrogens with one attached hydrogen (secondary N) is 1. The maximum absolute atomic E-state index is 12.3. The van der Waals surface area contributed by atoms with Crippen LogP contribution in [-0.4, -0.2) is 24.7 Å². The van der Waals surface area contributed by atoms with E-state index in [9.17, 15) is 13.2 Å². The molecular formula is C14H19NO4S. The first-order valence-electron chi connectivity index (χ1n) is 6.76. The molecule has 1 aromatic carbocycles. The predicted molar refractivity (Wildman–Crippen MR) is 77.6 cm³/mol. The zero-order chi connectivity index (χ0) is 14.8. The molecule has 110 valence electrons. The lowest BCUT2D eigenvalue weighted by Gasteiger charge is -2.23. The Hall–Kier alpha value is -1.56. The van der Waals surface area contributed by atoms with E-state index in [0.717, 1.165) is 19.3 Å². The SMILES string of the molecule is Cc1c(NS(=O)(=O)C2CCCCC2)cccc1C(=O)O. The molecule has 6 heteroatoms. The number of hydrogen-bond donors (Lipinski definition) is 2. The molecule has 20 heavy (non-hydrogen) atoms. The lowest BCUT2D eigenvalue weighted by atomic mass is 10.0. The van der Waals surface area contributed by atoms with Crippen molar-refractivity contribution in [3.05, 3.63) is 29.3 Å². The molecule has 0 spiro atoms. The average Bonchev–Trinajstić information content (AvgIpc) is 2.41. The smallest absolute Gasteiger partial charge is 0.336 e. The van der Waals surface area contributed by atoms with Gasteiger partial charge in [-0.3, -0.25) is 4.72 Å². The molecule has 1 saturated carbocycles. The minimum atomic E-state index is -3.44. The molecule has 2 rings (SSSR count). The van der Waals surface area contributed by atoms with Crippen molar-refractivity contribution in [3.63, 3.8) is 0 Å². The van der Waals surface area contributed by atoms with Gasteiger partial charge in [0.25, 0.3) is 0 Å². The molecule has 2 N–H and O–H groups in total. The third-order valence-corrected chi connectivity index (χ3v) is 5.66. The second-order valence-corrected chi connectivity index (χ2v) is 7.15. The van der Waals surface area contributed by atoms with Crippen LogP contribution >= 0.6 is 0 Å². The van der Waals surface area contributed by atoms with Crippen LogP contribution in [0, 0.1) is 6.92 Å². The van der Waals surface area contributed by atoms with Crippen LogP contribution in [0.1, 0.15) is 48.0 Å². The second kappa shape index (κ2) is 5.83. The highest BCUT2D eigenvalue weighted by atomic mass is 32.2. The summed E-state index contributed by atoms with van der Waals surface area (Å²) < 4.78 is 27.2. The average molecular weight is 297 g/mol. The Balaban J connectivity index is 2.25. The largest absolute Gasteiger partial charge is 0.478 e. The Bertz CT molecular complexity index is 604. The molecule has 0 bridgehead atoms. The summed E-state index contributed by atoms with van der Waals surface area (Å²) >= 11 is 0. The summed E-state index contributed by atoms with van der Waals surface area (Å²) in [7, 11) is -3.44. The van der Waals surface area contributed by atoms with Crippen molar-refractivity contribution < 1.29 is 18.3 Å². The monoisotopic (exact) mass is 297 g/mol. The van der Waals surface area contributed by atoms with Gasteiger partial charge >= 0.3 is 5.97 Å². The molecule has 0 heterocycles. The topological polar surface area (TPSA) is 83.5 Å². The van der Waals surface area contributed by atoms with Crippen LogP contribution in [0.5, 0.6) is 0 Å². The number of anilines is 1. The summed E-state index contributed by atoms with van der Waals surface area (Å²) in [6.07, 6.45) is 4.29. The molecule has 1 aliphatic rings. The molecule has 0 aromatic heterocycles. The Morgan fingerprint density at radius 2 is 1.90 bits per heavy atom. The fourth-order valence-corrected chi connectivity index (χ4v) is 4.24. The zero-order valence-electron chi connectivity index (χ0n) is 11.4. The molecule has 1 fully saturated rings. The number of carboxylic acids is 1. The highest BCUT2D eigenvalue weighted by Gasteiger charge is 2.27. The van der Waals surface area contributed by atoms with Gasteiger partial charge in [0.2, 0.25) is 10.0 Å². The fourth-order valence-electron chi connectivity index (χ4n) is 2.59. The molecule has 0 aliphatic heterocycles. The van der Waals surface area contributed by atoms with Gasteiger partial charge in [-0.1, -0.05) is 25.3 Å². The van der Waals surface area contributed by atoms with E-state index >= 15 is 0 Å². The van der Waals surface area contributed by atoms with E-state index in [0.29, 0.717) is 24.1 Å². The minimum absolute atomic E-state index is 0.119. The molecule has 1 aliphatic carbocycles. The Labute approximate surface area is 119 Å². The standard InChI is InChI=1S/C14H19NO4S/c1-10-12(14(16)17)8-5-9-13(10)15-20(18,19)11-6-3-2-4-7-11/h5,8-9,11,15H,2-4,6-7H2,1H3,(H,16,17). The van der Waals surface area contributed by atoms with Crippen molar-refractivity contribution in [2.24, 2.45) is 0 Å². The lowest BCUT2D eigenvalue weighted by molar-refractivity contribution is 0.0696. The summed E-state index contributed by atoms with van der Waals surface area (Å²) in [6, 6.07) is 4.62. The van der Waals surface area contributed by atoms with E-state index < -0.39 is 16.0 Å². The minimum Gasteiger partial charge on any atom is -0.478 e. The van der Waals surface area contributed by atoms with Crippen LogP contribution in [0.15, 0.2) is 18.2 Å². The van der Waals surface area contributed by atoms with Crippen molar-refractivity contribution >= 4 is 21.7 Å². The number of benzene rings is 1. The number of carbonyl (C=O) groups is 1. The second-order valence-electron chi connectivity index (χ2n) is 5.19. The molecule has 0 amide bonds. The molecule has 0 atom stereocenters. The van der Waals surface area contributed by atoms with E-state index in [-0.39, 0.29) is 10.8 Å². The Morgan fingerprint density at radius 1 is 1.25 bits per heavy atom. The van der Waals surface area contributed by atoms with Gasteiger partial charge in [0.1, 0.15) is 0 Å². The Morgan fingerprint density at radius 3 is 2.50 bits per heavy atom. The van der Waals surface area contributed by atoms with Crippen LogP contribution < -0.4 is 4.72 Å². The van der Waals surface area contributed by atoms with E-state index in [1.165, 1.54) is 6.07 Å². The maximum Gasteiger partial charge on any atom is 0.336 e. The van der Waals surface area contributed by atoms with Gasteiger partial charge in [0, 0.05) is 0 Å². The summed E-state index contributed by atoms with van der Waals surface area (Å²) in [5.41, 5.74) is 0.920. The van der Waals surface area contributed by atoms with Gasteiger partial charge in [-0.2, -0.15) is 0 Å². The zero-order valence-corrected chi connectivity index (χ0v) is 12.2. The molecular weight excluding hydrogens is 278 g/mol. The fraction of sp³-hybridized carbons (Fsp3) is 0.500. The van der Waals surface area contributed by atoms with Crippen LogP contribution in [0.2, 0.25) is 0 Å². The molecule has 0 radical (unpaired) electrons. The third-order valence-electron chi connectivity index (χ3n) is 3.81. The van der Waals surface area contributed by atoms with Crippen LogP contribution in [0.25, 0.3) is 0 Å². The van der Waals surface area contributed by atoms with Crippen LogP contribution in [0.3, 0.4) is 0 Å². The van der Waals surface area contributed by atoms with E-state index in [2.05, 4.69) is 4.72 Å². The molecule has 0 saturated heterocycles.